The van der Waals surface area contributed by atoms with Gasteiger partial charge in [0.15, 0.2) is 5.16 Å². The summed E-state index contributed by atoms with van der Waals surface area (Å²) in [5.74, 6) is -0.917. The Bertz CT molecular complexity index is 838. The lowest BCUT2D eigenvalue weighted by molar-refractivity contribution is -0.138. The molecule has 0 spiro atoms. The summed E-state index contributed by atoms with van der Waals surface area (Å²) in [5.41, 5.74) is 1.91. The summed E-state index contributed by atoms with van der Waals surface area (Å²) in [7, 11) is 1.82. The van der Waals surface area contributed by atoms with Crippen LogP contribution in [0, 0.1) is 0 Å². The number of hydrogen-bond acceptors (Lipinski definition) is 5. The van der Waals surface area contributed by atoms with Gasteiger partial charge in [0.05, 0.1) is 5.75 Å². The summed E-state index contributed by atoms with van der Waals surface area (Å²) in [4.78, 5) is 41.5. The molecule has 2 aromatic rings. The number of urea groups is 1. The van der Waals surface area contributed by atoms with E-state index in [2.05, 4.69) is 15.7 Å². The van der Waals surface area contributed by atoms with Gasteiger partial charge in [0.1, 0.15) is 5.54 Å². The Morgan fingerprint density at radius 2 is 2.04 bits per heavy atom. The molecular weight excluding hydrogens is 354 g/mol. The van der Waals surface area contributed by atoms with Crippen molar-refractivity contribution in [1.82, 2.24) is 25.3 Å². The standard InChI is InChI=1S/C17H19N5O3S/c1-3-17(12-7-5-4-6-8-12)14(24)22(15(25)19-17)20-13(23)11-26-16-18-9-10-21(16)2/h4-10H,3,11H2,1-2H3,(H,19,25)(H,20,23)/t17-/m0/s1. The lowest BCUT2D eigenvalue weighted by Crippen LogP contribution is -2.49. The van der Waals surface area contributed by atoms with Gasteiger partial charge in [0.25, 0.3) is 5.91 Å². The number of nitrogens with zero attached hydrogens (tertiary/aromatic N) is 3. The second-order valence-electron chi connectivity index (χ2n) is 5.84. The average molecular weight is 373 g/mol. The van der Waals surface area contributed by atoms with Gasteiger partial charge in [-0.2, -0.15) is 5.01 Å². The Hall–Kier alpha value is -2.81. The molecule has 136 valence electrons. The zero-order chi connectivity index (χ0) is 18.7. The molecule has 2 N–H and O–H groups in total. The number of imide groups is 1. The van der Waals surface area contributed by atoms with Crippen molar-refractivity contribution >= 4 is 29.6 Å². The summed E-state index contributed by atoms with van der Waals surface area (Å²) in [6.07, 6.45) is 3.77. The number of hydrazine groups is 1. The molecule has 1 aliphatic rings. The topological polar surface area (TPSA) is 96.3 Å². The Morgan fingerprint density at radius 3 is 2.65 bits per heavy atom. The highest BCUT2D eigenvalue weighted by Gasteiger charge is 2.52. The van der Waals surface area contributed by atoms with E-state index in [0.717, 1.165) is 5.01 Å². The number of nitrogens with one attached hydrogen (secondary N) is 2. The highest BCUT2D eigenvalue weighted by molar-refractivity contribution is 7.99. The fourth-order valence-corrected chi connectivity index (χ4v) is 3.54. The van der Waals surface area contributed by atoms with E-state index >= 15 is 0 Å². The lowest BCUT2D eigenvalue weighted by atomic mass is 9.87. The number of aryl methyl sites for hydroxylation is 1. The molecule has 8 nitrogen and oxygen atoms in total. The predicted octanol–water partition coefficient (Wildman–Crippen LogP) is 1.40. The predicted molar refractivity (Wildman–Crippen MR) is 95.9 cm³/mol. The van der Waals surface area contributed by atoms with Crippen LogP contribution in [0.25, 0.3) is 0 Å². The number of hydrogen-bond donors (Lipinski definition) is 2. The van der Waals surface area contributed by atoms with E-state index in [1.54, 1.807) is 41.2 Å². The van der Waals surface area contributed by atoms with E-state index < -0.39 is 23.4 Å². The summed E-state index contributed by atoms with van der Waals surface area (Å²) in [6, 6.07) is 8.36. The Labute approximate surface area is 154 Å². The van der Waals surface area contributed by atoms with Crippen molar-refractivity contribution in [2.24, 2.45) is 7.05 Å². The number of imidazole rings is 1. The molecule has 1 atom stereocenters. The van der Waals surface area contributed by atoms with E-state index in [4.69, 9.17) is 0 Å². The van der Waals surface area contributed by atoms with Gasteiger partial charge in [-0.25, -0.2) is 9.78 Å². The van der Waals surface area contributed by atoms with Crippen LogP contribution >= 0.6 is 11.8 Å². The molecule has 9 heteroatoms. The van der Waals surface area contributed by atoms with Gasteiger partial charge < -0.3 is 9.88 Å². The van der Waals surface area contributed by atoms with E-state index in [1.165, 1.54) is 11.8 Å². The molecule has 3 rings (SSSR count). The van der Waals surface area contributed by atoms with Crippen molar-refractivity contribution in [3.8, 4) is 0 Å². The van der Waals surface area contributed by atoms with E-state index in [-0.39, 0.29) is 5.75 Å². The number of aromatic nitrogens is 2. The molecule has 1 aromatic carbocycles. The zero-order valence-corrected chi connectivity index (χ0v) is 15.2. The number of carbonyl (C=O) groups excluding carboxylic acids is 3. The molecular formula is C17H19N5O3S. The van der Waals surface area contributed by atoms with Crippen LogP contribution in [0.1, 0.15) is 18.9 Å². The normalized spacial score (nSPS) is 19.5. The summed E-state index contributed by atoms with van der Waals surface area (Å²) < 4.78 is 1.78. The maximum absolute atomic E-state index is 12.9. The van der Waals surface area contributed by atoms with Crippen LogP contribution in [0.4, 0.5) is 4.79 Å². The largest absolute Gasteiger partial charge is 0.344 e. The van der Waals surface area contributed by atoms with Crippen LogP contribution < -0.4 is 10.7 Å². The quantitative estimate of drug-likeness (QED) is 0.589. The third-order valence-electron chi connectivity index (χ3n) is 4.23. The molecule has 0 aliphatic carbocycles. The van der Waals surface area contributed by atoms with Crippen LogP contribution in [0.15, 0.2) is 47.9 Å². The second-order valence-corrected chi connectivity index (χ2v) is 6.78. The molecule has 4 amide bonds. The molecule has 0 unspecified atom stereocenters. The maximum atomic E-state index is 12.9. The first kappa shape index (κ1) is 18.0. The summed E-state index contributed by atoms with van der Waals surface area (Å²) >= 11 is 1.22. The summed E-state index contributed by atoms with van der Waals surface area (Å²) in [6.45, 7) is 1.81. The highest BCUT2D eigenvalue weighted by Crippen LogP contribution is 2.31. The Balaban J connectivity index is 1.71. The van der Waals surface area contributed by atoms with Gasteiger partial charge in [-0.3, -0.25) is 15.0 Å². The molecule has 1 saturated heterocycles. The van der Waals surface area contributed by atoms with Gasteiger partial charge >= 0.3 is 6.03 Å². The molecule has 0 bridgehead atoms. The van der Waals surface area contributed by atoms with Crippen LogP contribution in [-0.4, -0.2) is 38.2 Å². The van der Waals surface area contributed by atoms with E-state index in [0.29, 0.717) is 17.1 Å². The number of benzene rings is 1. The summed E-state index contributed by atoms with van der Waals surface area (Å²) in [5, 5.41) is 4.15. The number of amides is 4. The first-order valence-corrected chi connectivity index (χ1v) is 9.08. The van der Waals surface area contributed by atoms with E-state index in [9.17, 15) is 14.4 Å². The number of rotatable bonds is 6. The van der Waals surface area contributed by atoms with Crippen molar-refractivity contribution in [2.75, 3.05) is 5.75 Å². The van der Waals surface area contributed by atoms with Crippen LogP contribution in [-0.2, 0) is 22.2 Å². The van der Waals surface area contributed by atoms with Gasteiger partial charge in [0.2, 0.25) is 5.91 Å². The molecule has 1 aliphatic heterocycles. The third-order valence-corrected chi connectivity index (χ3v) is 5.29. The average Bonchev–Trinajstić information content (AvgIpc) is 3.17. The first-order chi connectivity index (χ1) is 12.5. The molecule has 2 heterocycles. The Morgan fingerprint density at radius 1 is 1.31 bits per heavy atom. The van der Waals surface area contributed by atoms with Gasteiger partial charge in [-0.15, -0.1) is 0 Å². The van der Waals surface area contributed by atoms with Gasteiger partial charge in [0, 0.05) is 19.4 Å². The van der Waals surface area contributed by atoms with Crippen LogP contribution in [0.2, 0.25) is 0 Å². The molecule has 1 aromatic heterocycles. The smallest absolute Gasteiger partial charge is 0.329 e. The lowest BCUT2D eigenvalue weighted by Gasteiger charge is -2.25. The molecule has 1 fully saturated rings. The van der Waals surface area contributed by atoms with Gasteiger partial charge in [-0.05, 0) is 12.0 Å². The van der Waals surface area contributed by atoms with Gasteiger partial charge in [-0.1, -0.05) is 49.0 Å². The van der Waals surface area contributed by atoms with E-state index in [1.807, 2.05) is 20.0 Å². The van der Waals surface area contributed by atoms with Crippen LogP contribution in [0.3, 0.4) is 0 Å². The second kappa shape index (κ2) is 7.20. The van der Waals surface area contributed by atoms with Crippen molar-refractivity contribution in [3.63, 3.8) is 0 Å². The fraction of sp³-hybridized carbons (Fsp3) is 0.294. The van der Waals surface area contributed by atoms with Crippen molar-refractivity contribution in [2.45, 2.75) is 24.0 Å². The minimum atomic E-state index is -1.17. The first-order valence-electron chi connectivity index (χ1n) is 8.10. The highest BCUT2D eigenvalue weighted by atomic mass is 32.2. The minimum Gasteiger partial charge on any atom is -0.329 e. The molecule has 0 radical (unpaired) electrons. The maximum Gasteiger partial charge on any atom is 0.344 e. The Kier molecular flexibility index (Phi) is 4.99. The minimum absolute atomic E-state index is 0.0341. The van der Waals surface area contributed by atoms with Crippen LogP contribution in [0.5, 0.6) is 0 Å². The zero-order valence-electron chi connectivity index (χ0n) is 14.4. The monoisotopic (exact) mass is 373 g/mol. The van der Waals surface area contributed by atoms with Crippen molar-refractivity contribution in [1.29, 1.82) is 0 Å². The number of thioether (sulfide) groups is 1. The third kappa shape index (κ3) is 3.17. The van der Waals surface area contributed by atoms with Crippen molar-refractivity contribution < 1.29 is 14.4 Å². The molecule has 26 heavy (non-hydrogen) atoms. The fourth-order valence-electron chi connectivity index (χ4n) is 2.82. The van der Waals surface area contributed by atoms with Crippen molar-refractivity contribution in [3.05, 3.63) is 48.3 Å². The number of carbonyl (C=O) groups is 3. The SMILES string of the molecule is CC[C@@]1(c2ccccc2)NC(=O)N(NC(=O)CSc2nccn2C)C1=O. The molecule has 0 saturated carbocycles.